The first kappa shape index (κ1) is 13.8. The molecule has 0 amide bonds. The molecule has 0 fully saturated rings. The van der Waals surface area contributed by atoms with E-state index < -0.39 is 15.7 Å². The van der Waals surface area contributed by atoms with Crippen molar-refractivity contribution in [3.63, 3.8) is 0 Å². The molecule has 0 aliphatic rings. The Morgan fingerprint density at radius 1 is 1.41 bits per heavy atom. The fraction of sp³-hybridized carbons (Fsp3) is 0.455. The summed E-state index contributed by atoms with van der Waals surface area (Å²) in [7, 11) is -0.968. The molecule has 0 radical (unpaired) electrons. The van der Waals surface area contributed by atoms with Gasteiger partial charge in [-0.1, -0.05) is 19.1 Å². The smallest absolute Gasteiger partial charge is 0.269 e. The molecule has 17 heavy (non-hydrogen) atoms. The standard InChI is InChI=1S/C11H16N2O3S/c1-9(6-12)7-17(16)8-10-2-4-11(5-3-10)13(14)15/h2-5,9H,6-8,12H2,1H3. The van der Waals surface area contributed by atoms with Crippen LogP contribution in [-0.4, -0.2) is 21.4 Å². The van der Waals surface area contributed by atoms with Crippen LogP contribution in [-0.2, 0) is 16.6 Å². The molecule has 0 saturated heterocycles. The van der Waals surface area contributed by atoms with Crippen LogP contribution < -0.4 is 5.73 Å². The predicted octanol–water partition coefficient (Wildman–Crippen LogP) is 1.44. The SMILES string of the molecule is CC(CN)CS(=O)Cc1ccc([N+](=O)[O-])cc1. The van der Waals surface area contributed by atoms with E-state index in [0.29, 0.717) is 18.1 Å². The summed E-state index contributed by atoms with van der Waals surface area (Å²) in [5, 5.41) is 10.5. The lowest BCUT2D eigenvalue weighted by atomic mass is 10.2. The summed E-state index contributed by atoms with van der Waals surface area (Å²) < 4.78 is 11.7. The van der Waals surface area contributed by atoms with Gasteiger partial charge < -0.3 is 5.73 Å². The average Bonchev–Trinajstić information content (AvgIpc) is 2.29. The van der Waals surface area contributed by atoms with E-state index in [1.54, 1.807) is 12.1 Å². The van der Waals surface area contributed by atoms with Crippen LogP contribution in [0.4, 0.5) is 5.69 Å². The molecule has 94 valence electrons. The molecule has 0 aromatic heterocycles. The Labute approximate surface area is 103 Å². The van der Waals surface area contributed by atoms with Crippen molar-refractivity contribution in [1.82, 2.24) is 0 Å². The van der Waals surface area contributed by atoms with E-state index in [9.17, 15) is 14.3 Å². The van der Waals surface area contributed by atoms with E-state index in [0.717, 1.165) is 5.56 Å². The summed E-state index contributed by atoms with van der Waals surface area (Å²) in [6, 6.07) is 6.14. The maximum Gasteiger partial charge on any atom is 0.269 e. The third-order valence-corrected chi connectivity index (χ3v) is 3.94. The second kappa shape index (κ2) is 6.46. The first-order chi connectivity index (χ1) is 8.02. The van der Waals surface area contributed by atoms with Crippen LogP contribution in [0.15, 0.2) is 24.3 Å². The van der Waals surface area contributed by atoms with Gasteiger partial charge in [0.25, 0.3) is 5.69 Å². The fourth-order valence-corrected chi connectivity index (χ4v) is 2.80. The normalized spacial score (nSPS) is 14.2. The average molecular weight is 256 g/mol. The van der Waals surface area contributed by atoms with Gasteiger partial charge in [-0.25, -0.2) is 0 Å². The Morgan fingerprint density at radius 3 is 2.47 bits per heavy atom. The molecule has 0 bridgehead atoms. The molecule has 0 aliphatic heterocycles. The number of hydrogen-bond acceptors (Lipinski definition) is 4. The molecule has 5 nitrogen and oxygen atoms in total. The van der Waals surface area contributed by atoms with Gasteiger partial charge in [0.2, 0.25) is 0 Å². The summed E-state index contributed by atoms with van der Waals surface area (Å²) in [6.07, 6.45) is 0. The molecule has 6 heteroatoms. The molecule has 2 unspecified atom stereocenters. The second-order valence-electron chi connectivity index (χ2n) is 4.02. The van der Waals surface area contributed by atoms with Crippen LogP contribution in [0.3, 0.4) is 0 Å². The molecule has 1 rings (SSSR count). The topological polar surface area (TPSA) is 86.2 Å². The minimum Gasteiger partial charge on any atom is -0.330 e. The van der Waals surface area contributed by atoms with Gasteiger partial charge >= 0.3 is 0 Å². The highest BCUT2D eigenvalue weighted by Crippen LogP contribution is 2.13. The van der Waals surface area contributed by atoms with Gasteiger partial charge in [-0.3, -0.25) is 14.3 Å². The summed E-state index contributed by atoms with van der Waals surface area (Å²) in [5.41, 5.74) is 6.35. The fourth-order valence-electron chi connectivity index (χ4n) is 1.34. The molecule has 2 N–H and O–H groups in total. The van der Waals surface area contributed by atoms with Gasteiger partial charge in [-0.15, -0.1) is 0 Å². The number of nitro benzene ring substituents is 1. The number of hydrogen-bond donors (Lipinski definition) is 1. The number of non-ortho nitro benzene ring substituents is 1. The quantitative estimate of drug-likeness (QED) is 0.616. The van der Waals surface area contributed by atoms with Gasteiger partial charge in [0.1, 0.15) is 0 Å². The molecule has 1 aromatic carbocycles. The molecule has 1 aromatic rings. The number of nitrogens with zero attached hydrogens (tertiary/aromatic N) is 1. The summed E-state index contributed by atoms with van der Waals surface area (Å²) >= 11 is 0. The number of nitro groups is 1. The van der Waals surface area contributed by atoms with Crippen molar-refractivity contribution >= 4 is 16.5 Å². The lowest BCUT2D eigenvalue weighted by Crippen LogP contribution is -2.18. The Bertz CT molecular complexity index is 406. The molecule has 0 saturated carbocycles. The Balaban J connectivity index is 2.57. The van der Waals surface area contributed by atoms with Gasteiger partial charge in [0, 0.05) is 34.4 Å². The van der Waals surface area contributed by atoms with Crippen LogP contribution >= 0.6 is 0 Å². The highest BCUT2D eigenvalue weighted by molar-refractivity contribution is 7.84. The highest BCUT2D eigenvalue weighted by Gasteiger charge is 2.09. The molecule has 0 heterocycles. The number of rotatable bonds is 6. The molecule has 2 atom stereocenters. The van der Waals surface area contributed by atoms with Crippen LogP contribution in [0.5, 0.6) is 0 Å². The predicted molar refractivity (Wildman–Crippen MR) is 68.0 cm³/mol. The number of benzene rings is 1. The Morgan fingerprint density at radius 2 is 2.00 bits per heavy atom. The highest BCUT2D eigenvalue weighted by atomic mass is 32.2. The third kappa shape index (κ3) is 4.62. The molecular weight excluding hydrogens is 240 g/mol. The van der Waals surface area contributed by atoms with Crippen molar-refractivity contribution in [3.8, 4) is 0 Å². The minimum absolute atomic E-state index is 0.0508. The maximum atomic E-state index is 11.7. The van der Waals surface area contributed by atoms with Crippen molar-refractivity contribution in [2.24, 2.45) is 11.7 Å². The lowest BCUT2D eigenvalue weighted by molar-refractivity contribution is -0.384. The van der Waals surface area contributed by atoms with E-state index in [1.165, 1.54) is 12.1 Å². The third-order valence-electron chi connectivity index (χ3n) is 2.35. The lowest BCUT2D eigenvalue weighted by Gasteiger charge is -2.07. The van der Waals surface area contributed by atoms with Crippen molar-refractivity contribution < 1.29 is 9.13 Å². The first-order valence-electron chi connectivity index (χ1n) is 5.31. The van der Waals surface area contributed by atoms with E-state index in [4.69, 9.17) is 5.73 Å². The van der Waals surface area contributed by atoms with E-state index in [2.05, 4.69) is 0 Å². The molecule has 0 aliphatic carbocycles. The molecular formula is C11H16N2O3S. The van der Waals surface area contributed by atoms with Crippen LogP contribution in [0.2, 0.25) is 0 Å². The second-order valence-corrected chi connectivity index (χ2v) is 5.52. The monoisotopic (exact) mass is 256 g/mol. The van der Waals surface area contributed by atoms with E-state index in [1.807, 2.05) is 6.92 Å². The number of nitrogens with two attached hydrogens (primary N) is 1. The van der Waals surface area contributed by atoms with Crippen LogP contribution in [0.1, 0.15) is 12.5 Å². The van der Waals surface area contributed by atoms with Gasteiger partial charge in [-0.2, -0.15) is 0 Å². The largest absolute Gasteiger partial charge is 0.330 e. The van der Waals surface area contributed by atoms with Crippen molar-refractivity contribution in [3.05, 3.63) is 39.9 Å². The van der Waals surface area contributed by atoms with Crippen molar-refractivity contribution in [2.75, 3.05) is 12.3 Å². The summed E-state index contributed by atoms with van der Waals surface area (Å²) in [5.74, 6) is 1.21. The van der Waals surface area contributed by atoms with Crippen LogP contribution in [0, 0.1) is 16.0 Å². The van der Waals surface area contributed by atoms with Gasteiger partial charge in [-0.05, 0) is 18.0 Å². The maximum absolute atomic E-state index is 11.7. The Kier molecular flexibility index (Phi) is 5.24. The molecule has 0 spiro atoms. The van der Waals surface area contributed by atoms with Crippen molar-refractivity contribution in [2.45, 2.75) is 12.7 Å². The minimum atomic E-state index is -0.968. The first-order valence-corrected chi connectivity index (χ1v) is 6.80. The summed E-state index contributed by atoms with van der Waals surface area (Å²) in [4.78, 5) is 10.0. The Hall–Kier alpha value is -1.27. The van der Waals surface area contributed by atoms with Crippen molar-refractivity contribution in [1.29, 1.82) is 0 Å². The van der Waals surface area contributed by atoms with Gasteiger partial charge in [0.05, 0.1) is 4.92 Å². The zero-order valence-electron chi connectivity index (χ0n) is 9.67. The van der Waals surface area contributed by atoms with Crippen LogP contribution in [0.25, 0.3) is 0 Å². The van der Waals surface area contributed by atoms with E-state index in [-0.39, 0.29) is 11.6 Å². The zero-order valence-corrected chi connectivity index (χ0v) is 10.5. The summed E-state index contributed by atoms with van der Waals surface area (Å²) in [6.45, 7) is 2.47. The van der Waals surface area contributed by atoms with E-state index >= 15 is 0 Å². The zero-order chi connectivity index (χ0) is 12.8. The van der Waals surface area contributed by atoms with Gasteiger partial charge in [0.15, 0.2) is 0 Å².